The summed E-state index contributed by atoms with van der Waals surface area (Å²) in [6, 6.07) is 3.09. The highest BCUT2D eigenvalue weighted by Crippen LogP contribution is 2.37. The van der Waals surface area contributed by atoms with Gasteiger partial charge in [0.25, 0.3) is 5.92 Å². The van der Waals surface area contributed by atoms with Crippen LogP contribution >= 0.6 is 11.6 Å². The van der Waals surface area contributed by atoms with Gasteiger partial charge in [0.1, 0.15) is 41.0 Å². The van der Waals surface area contributed by atoms with Gasteiger partial charge in [-0.2, -0.15) is 5.10 Å². The predicted octanol–water partition coefficient (Wildman–Crippen LogP) is 3.54. The zero-order valence-electron chi connectivity index (χ0n) is 19.4. The van der Waals surface area contributed by atoms with Crippen LogP contribution in [0, 0.1) is 12.7 Å². The van der Waals surface area contributed by atoms with Crippen molar-refractivity contribution in [3.8, 4) is 17.0 Å². The number of ether oxygens (including phenoxy) is 1. The van der Waals surface area contributed by atoms with Crippen LogP contribution in [0.15, 0.2) is 36.8 Å². The first kappa shape index (κ1) is 24.5. The third-order valence-corrected chi connectivity index (χ3v) is 6.54. The van der Waals surface area contributed by atoms with Crippen molar-refractivity contribution in [3.63, 3.8) is 0 Å². The van der Waals surface area contributed by atoms with E-state index in [1.807, 2.05) is 0 Å². The molecule has 2 atom stereocenters. The van der Waals surface area contributed by atoms with Crippen molar-refractivity contribution in [1.29, 1.82) is 0 Å². The number of nitrogens with one attached hydrogen (secondary N) is 1. The maximum atomic E-state index is 14.5. The number of aromatic nitrogens is 6. The van der Waals surface area contributed by atoms with Gasteiger partial charge in [-0.15, -0.1) is 5.10 Å². The minimum atomic E-state index is -2.97. The van der Waals surface area contributed by atoms with Crippen molar-refractivity contribution in [2.45, 2.75) is 37.8 Å². The Labute approximate surface area is 208 Å². The summed E-state index contributed by atoms with van der Waals surface area (Å²) in [5.41, 5.74) is 0.475. The van der Waals surface area contributed by atoms with E-state index in [1.54, 1.807) is 19.2 Å². The van der Waals surface area contributed by atoms with Gasteiger partial charge in [0.15, 0.2) is 0 Å². The maximum absolute atomic E-state index is 14.5. The maximum Gasteiger partial charge on any atom is 0.282 e. The average Bonchev–Trinajstić information content (AvgIpc) is 3.40. The van der Waals surface area contributed by atoms with Gasteiger partial charge in [-0.3, -0.25) is 4.98 Å². The molecule has 5 heterocycles. The zero-order chi connectivity index (χ0) is 25.7. The van der Waals surface area contributed by atoms with Crippen LogP contribution in [0.25, 0.3) is 16.8 Å². The Morgan fingerprint density at radius 1 is 1.33 bits per heavy atom. The topological polar surface area (TPSA) is 102 Å². The number of hydrogen-bond acceptors (Lipinski definition) is 7. The summed E-state index contributed by atoms with van der Waals surface area (Å²) < 4.78 is 51.0. The summed E-state index contributed by atoms with van der Waals surface area (Å²) in [5, 5.41) is 26.4. The van der Waals surface area contributed by atoms with Crippen molar-refractivity contribution in [3.05, 3.63) is 59.0 Å². The zero-order valence-corrected chi connectivity index (χ0v) is 20.2. The largest absolute Gasteiger partial charge is 0.488 e. The molecule has 1 aliphatic heterocycles. The van der Waals surface area contributed by atoms with Gasteiger partial charge >= 0.3 is 0 Å². The molecule has 0 aliphatic carbocycles. The SMILES string of the molecule is Cc1c(-c2cc(OCC(C)(O)c3ccc(F)cn3)c3c(Cl)cnn3c2)nnn1[C@@H]1CCNCC1(F)F. The highest BCUT2D eigenvalue weighted by atomic mass is 35.5. The van der Waals surface area contributed by atoms with E-state index in [-0.39, 0.29) is 24.5 Å². The molecule has 190 valence electrons. The van der Waals surface area contributed by atoms with Gasteiger partial charge < -0.3 is 15.2 Å². The molecule has 1 saturated heterocycles. The number of halogens is 4. The van der Waals surface area contributed by atoms with Crippen molar-refractivity contribution in [2.75, 3.05) is 19.7 Å². The fraction of sp³-hybridized carbons (Fsp3) is 0.391. The molecule has 4 aromatic rings. The van der Waals surface area contributed by atoms with Crippen LogP contribution in [0.3, 0.4) is 0 Å². The number of nitrogens with zero attached hydrogens (tertiary/aromatic N) is 6. The van der Waals surface area contributed by atoms with Crippen LogP contribution in [-0.2, 0) is 5.60 Å². The molecule has 0 radical (unpaired) electrons. The average molecular weight is 522 g/mol. The number of pyridine rings is 2. The Morgan fingerprint density at radius 3 is 2.86 bits per heavy atom. The first-order chi connectivity index (χ1) is 17.1. The van der Waals surface area contributed by atoms with E-state index >= 15 is 0 Å². The molecular formula is C23H23ClF3N7O2. The number of fused-ring (bicyclic) bond motifs is 1. The Balaban J connectivity index is 1.49. The molecule has 4 aromatic heterocycles. The molecule has 13 heteroatoms. The molecule has 9 nitrogen and oxygen atoms in total. The lowest BCUT2D eigenvalue weighted by Gasteiger charge is -2.32. The lowest BCUT2D eigenvalue weighted by atomic mass is 10.0. The molecule has 1 fully saturated rings. The summed E-state index contributed by atoms with van der Waals surface area (Å²) in [6.45, 7) is 2.96. The second-order valence-electron chi connectivity index (χ2n) is 9.01. The molecule has 0 amide bonds. The van der Waals surface area contributed by atoms with Gasteiger partial charge in [-0.1, -0.05) is 16.8 Å². The normalized spacial score (nSPS) is 19.4. The highest BCUT2D eigenvalue weighted by Gasteiger charge is 2.44. The standard InChI is InChI=1S/C23H23ClF3N7O2/c1-13-20(31-32-34(13)19-5-6-28-11-23(19,26)27)14-7-17(21-16(24)9-30-33(21)10-14)36-12-22(2,35)18-4-3-15(25)8-29-18/h3-4,7-10,19,28,35H,5-6,11-12H2,1-2H3/t19-,22?/m1/s1. The molecular weight excluding hydrogens is 499 g/mol. The van der Waals surface area contributed by atoms with E-state index in [1.165, 1.54) is 34.5 Å². The monoisotopic (exact) mass is 521 g/mol. The molecule has 0 spiro atoms. The lowest BCUT2D eigenvalue weighted by molar-refractivity contribution is -0.0708. The quantitative estimate of drug-likeness (QED) is 0.400. The molecule has 1 unspecified atom stereocenters. The summed E-state index contributed by atoms with van der Waals surface area (Å²) in [4.78, 5) is 3.93. The fourth-order valence-electron chi connectivity index (χ4n) is 4.30. The van der Waals surface area contributed by atoms with Gasteiger partial charge in [-0.25, -0.2) is 22.4 Å². The molecule has 36 heavy (non-hydrogen) atoms. The molecule has 0 bridgehead atoms. The van der Waals surface area contributed by atoms with Gasteiger partial charge in [0, 0.05) is 11.8 Å². The van der Waals surface area contributed by atoms with E-state index < -0.39 is 29.9 Å². The van der Waals surface area contributed by atoms with Gasteiger partial charge in [0.2, 0.25) is 0 Å². The lowest BCUT2D eigenvalue weighted by Crippen LogP contribution is -2.47. The van der Waals surface area contributed by atoms with Crippen LogP contribution < -0.4 is 10.1 Å². The van der Waals surface area contributed by atoms with Crippen LogP contribution in [0.1, 0.15) is 30.8 Å². The minimum absolute atomic E-state index is 0.214. The highest BCUT2D eigenvalue weighted by molar-refractivity contribution is 6.34. The Bertz CT molecular complexity index is 1400. The van der Waals surface area contributed by atoms with E-state index in [9.17, 15) is 18.3 Å². The smallest absolute Gasteiger partial charge is 0.282 e. The molecule has 5 rings (SSSR count). The van der Waals surface area contributed by atoms with Crippen molar-refractivity contribution in [1.82, 2.24) is 34.9 Å². The first-order valence-corrected chi connectivity index (χ1v) is 11.6. The van der Waals surface area contributed by atoms with Crippen LogP contribution in [0.5, 0.6) is 5.75 Å². The Hall–Kier alpha value is -3.22. The molecule has 1 aliphatic rings. The van der Waals surface area contributed by atoms with E-state index in [4.69, 9.17) is 16.3 Å². The second kappa shape index (κ2) is 9.02. The number of hydrogen-bond donors (Lipinski definition) is 2. The van der Waals surface area contributed by atoms with E-state index in [2.05, 4.69) is 25.7 Å². The first-order valence-electron chi connectivity index (χ1n) is 11.2. The summed E-state index contributed by atoms with van der Waals surface area (Å²) in [5.74, 6) is -3.22. The third-order valence-electron chi connectivity index (χ3n) is 6.26. The van der Waals surface area contributed by atoms with Gasteiger partial charge in [-0.05, 0) is 45.0 Å². The van der Waals surface area contributed by atoms with Gasteiger partial charge in [0.05, 0.1) is 35.3 Å². The Morgan fingerprint density at radius 2 is 2.14 bits per heavy atom. The minimum Gasteiger partial charge on any atom is -0.488 e. The molecule has 2 N–H and O–H groups in total. The number of aliphatic hydroxyl groups is 1. The van der Waals surface area contributed by atoms with E-state index in [0.717, 1.165) is 6.20 Å². The third kappa shape index (κ3) is 4.40. The molecule has 0 saturated carbocycles. The number of alkyl halides is 2. The van der Waals surface area contributed by atoms with E-state index in [0.29, 0.717) is 34.0 Å². The van der Waals surface area contributed by atoms with Crippen LogP contribution in [-0.4, -0.2) is 60.3 Å². The summed E-state index contributed by atoms with van der Waals surface area (Å²) in [6.07, 6.45) is 4.31. The van der Waals surface area contributed by atoms with Crippen molar-refractivity contribution < 1.29 is 23.0 Å². The number of rotatable bonds is 6. The Kier molecular flexibility index (Phi) is 6.13. The predicted molar refractivity (Wildman–Crippen MR) is 125 cm³/mol. The summed E-state index contributed by atoms with van der Waals surface area (Å²) >= 11 is 6.33. The number of piperidine rings is 1. The molecule has 0 aromatic carbocycles. The second-order valence-corrected chi connectivity index (χ2v) is 9.42. The fourth-order valence-corrected chi connectivity index (χ4v) is 4.53. The van der Waals surface area contributed by atoms with Crippen LogP contribution in [0.4, 0.5) is 13.2 Å². The van der Waals surface area contributed by atoms with Crippen LogP contribution in [0.2, 0.25) is 5.02 Å². The van der Waals surface area contributed by atoms with Crippen molar-refractivity contribution in [2.24, 2.45) is 0 Å². The van der Waals surface area contributed by atoms with Crippen molar-refractivity contribution >= 4 is 17.1 Å². The summed E-state index contributed by atoms with van der Waals surface area (Å²) in [7, 11) is 0.